The minimum absolute atomic E-state index is 0.000632. The summed E-state index contributed by atoms with van der Waals surface area (Å²) in [6.45, 7) is 3.05. The molecule has 0 bridgehead atoms. The summed E-state index contributed by atoms with van der Waals surface area (Å²) in [6.07, 6.45) is 0.968. The van der Waals surface area contributed by atoms with E-state index in [1.165, 1.54) is 18.2 Å². The van der Waals surface area contributed by atoms with Crippen molar-refractivity contribution in [2.75, 3.05) is 18.4 Å². The average molecular weight is 245 g/mol. The maximum Gasteiger partial charge on any atom is 0.238 e. The number of hydrogen-bond acceptors (Lipinski definition) is 2. The lowest BCUT2D eigenvalue weighted by Crippen LogP contribution is -2.28. The number of anilines is 1. The third-order valence-electron chi connectivity index (χ3n) is 1.92. The van der Waals surface area contributed by atoms with Crippen molar-refractivity contribution >= 4 is 23.2 Å². The zero-order valence-electron chi connectivity index (χ0n) is 9.02. The molecule has 0 aromatic heterocycles. The molecule has 0 fully saturated rings. The van der Waals surface area contributed by atoms with Gasteiger partial charge < -0.3 is 10.6 Å². The van der Waals surface area contributed by atoms with Crippen molar-refractivity contribution in [3.05, 3.63) is 29.0 Å². The van der Waals surface area contributed by atoms with E-state index in [0.29, 0.717) is 5.69 Å². The van der Waals surface area contributed by atoms with Crippen LogP contribution < -0.4 is 10.6 Å². The molecule has 0 atom stereocenters. The second-order valence-electron chi connectivity index (χ2n) is 3.35. The Kier molecular flexibility index (Phi) is 5.22. The van der Waals surface area contributed by atoms with Crippen molar-refractivity contribution in [2.24, 2.45) is 0 Å². The van der Waals surface area contributed by atoms with Crippen molar-refractivity contribution in [1.29, 1.82) is 0 Å². The zero-order chi connectivity index (χ0) is 12.0. The summed E-state index contributed by atoms with van der Waals surface area (Å²) in [4.78, 5) is 11.4. The molecule has 0 aliphatic carbocycles. The first kappa shape index (κ1) is 12.9. The topological polar surface area (TPSA) is 41.1 Å². The molecule has 0 aliphatic heterocycles. The van der Waals surface area contributed by atoms with E-state index in [1.54, 1.807) is 0 Å². The van der Waals surface area contributed by atoms with Gasteiger partial charge in [0.15, 0.2) is 0 Å². The highest BCUT2D eigenvalue weighted by molar-refractivity contribution is 6.31. The van der Waals surface area contributed by atoms with Gasteiger partial charge in [-0.15, -0.1) is 0 Å². The first-order chi connectivity index (χ1) is 7.63. The van der Waals surface area contributed by atoms with Crippen LogP contribution in [-0.4, -0.2) is 19.0 Å². The fourth-order valence-corrected chi connectivity index (χ4v) is 1.34. The third kappa shape index (κ3) is 4.16. The summed E-state index contributed by atoms with van der Waals surface area (Å²) in [5.74, 6) is -0.667. The summed E-state index contributed by atoms with van der Waals surface area (Å²) in [7, 11) is 0. The van der Waals surface area contributed by atoms with Gasteiger partial charge in [0.1, 0.15) is 5.82 Å². The summed E-state index contributed by atoms with van der Waals surface area (Å²) < 4.78 is 12.8. The summed E-state index contributed by atoms with van der Waals surface area (Å²) in [5.41, 5.74) is 0.495. The number of benzene rings is 1. The van der Waals surface area contributed by atoms with Crippen LogP contribution in [-0.2, 0) is 4.79 Å². The number of halogens is 2. The fourth-order valence-electron chi connectivity index (χ4n) is 1.16. The molecular formula is C11H14ClFN2O. The number of carbonyl (C=O) groups excluding carboxylic acids is 1. The number of hydrogen-bond donors (Lipinski definition) is 2. The molecule has 1 aromatic rings. The highest BCUT2D eigenvalue weighted by Crippen LogP contribution is 2.18. The Labute approximate surface area is 99.0 Å². The van der Waals surface area contributed by atoms with E-state index < -0.39 is 5.82 Å². The molecule has 0 unspecified atom stereocenters. The van der Waals surface area contributed by atoms with Gasteiger partial charge in [0.05, 0.1) is 11.6 Å². The Morgan fingerprint density at radius 3 is 2.88 bits per heavy atom. The van der Waals surface area contributed by atoms with E-state index in [-0.39, 0.29) is 17.5 Å². The highest BCUT2D eigenvalue weighted by Gasteiger charge is 2.04. The van der Waals surface area contributed by atoms with Crippen LogP contribution >= 0.6 is 11.6 Å². The second kappa shape index (κ2) is 6.45. The molecule has 0 spiro atoms. The van der Waals surface area contributed by atoms with Gasteiger partial charge in [-0.25, -0.2) is 4.39 Å². The van der Waals surface area contributed by atoms with Crippen LogP contribution in [0.4, 0.5) is 10.1 Å². The van der Waals surface area contributed by atoms with Gasteiger partial charge in [-0.3, -0.25) is 4.79 Å². The first-order valence-electron chi connectivity index (χ1n) is 5.09. The Morgan fingerprint density at radius 2 is 2.25 bits per heavy atom. The zero-order valence-corrected chi connectivity index (χ0v) is 9.77. The molecule has 0 aliphatic rings. The summed E-state index contributed by atoms with van der Waals surface area (Å²) in [5, 5.41) is 5.58. The second-order valence-corrected chi connectivity index (χ2v) is 3.76. The Hall–Kier alpha value is -1.13. The van der Waals surface area contributed by atoms with E-state index >= 15 is 0 Å². The van der Waals surface area contributed by atoms with Crippen LogP contribution in [0.25, 0.3) is 0 Å². The largest absolute Gasteiger partial charge is 0.325 e. The lowest BCUT2D eigenvalue weighted by atomic mass is 10.3. The molecule has 0 radical (unpaired) electrons. The summed E-state index contributed by atoms with van der Waals surface area (Å²) in [6, 6.07) is 4.07. The standard InChI is InChI=1S/C11H14ClFN2O/c1-2-5-14-7-11(16)15-8-3-4-10(13)9(12)6-8/h3-4,6,14H,2,5,7H2,1H3,(H,15,16). The third-order valence-corrected chi connectivity index (χ3v) is 2.21. The van der Waals surface area contributed by atoms with Crippen LogP contribution in [0.5, 0.6) is 0 Å². The van der Waals surface area contributed by atoms with E-state index in [9.17, 15) is 9.18 Å². The first-order valence-corrected chi connectivity index (χ1v) is 5.47. The van der Waals surface area contributed by atoms with E-state index in [1.807, 2.05) is 6.92 Å². The van der Waals surface area contributed by atoms with Gasteiger partial charge in [-0.2, -0.15) is 0 Å². The maximum absolute atomic E-state index is 12.8. The average Bonchev–Trinajstić information content (AvgIpc) is 2.24. The van der Waals surface area contributed by atoms with Crippen molar-refractivity contribution in [3.8, 4) is 0 Å². The SMILES string of the molecule is CCCNCC(=O)Nc1ccc(F)c(Cl)c1. The highest BCUT2D eigenvalue weighted by atomic mass is 35.5. The molecule has 5 heteroatoms. The molecular weight excluding hydrogens is 231 g/mol. The number of nitrogens with one attached hydrogen (secondary N) is 2. The molecule has 0 saturated heterocycles. The van der Waals surface area contributed by atoms with Crippen LogP contribution in [0.3, 0.4) is 0 Å². The number of rotatable bonds is 5. The van der Waals surface area contributed by atoms with E-state index in [2.05, 4.69) is 10.6 Å². The molecule has 88 valence electrons. The smallest absolute Gasteiger partial charge is 0.238 e. The van der Waals surface area contributed by atoms with Crippen LogP contribution in [0.15, 0.2) is 18.2 Å². The lowest BCUT2D eigenvalue weighted by Gasteiger charge is -2.06. The molecule has 1 rings (SSSR count). The van der Waals surface area contributed by atoms with Gasteiger partial charge in [-0.1, -0.05) is 18.5 Å². The van der Waals surface area contributed by atoms with Gasteiger partial charge in [-0.05, 0) is 31.2 Å². The molecule has 2 N–H and O–H groups in total. The van der Waals surface area contributed by atoms with Crippen LogP contribution in [0.1, 0.15) is 13.3 Å². The van der Waals surface area contributed by atoms with Crippen molar-refractivity contribution in [1.82, 2.24) is 5.32 Å². The Bertz CT molecular complexity index is 371. The van der Waals surface area contributed by atoms with Crippen LogP contribution in [0.2, 0.25) is 5.02 Å². The van der Waals surface area contributed by atoms with Gasteiger partial charge in [0, 0.05) is 5.69 Å². The van der Waals surface area contributed by atoms with Gasteiger partial charge in [0.2, 0.25) is 5.91 Å². The van der Waals surface area contributed by atoms with E-state index in [4.69, 9.17) is 11.6 Å². The fraction of sp³-hybridized carbons (Fsp3) is 0.364. The van der Waals surface area contributed by atoms with Crippen molar-refractivity contribution in [2.45, 2.75) is 13.3 Å². The molecule has 1 aromatic carbocycles. The number of carbonyl (C=O) groups is 1. The van der Waals surface area contributed by atoms with Gasteiger partial charge >= 0.3 is 0 Å². The molecule has 3 nitrogen and oxygen atoms in total. The van der Waals surface area contributed by atoms with Crippen molar-refractivity contribution < 1.29 is 9.18 Å². The van der Waals surface area contributed by atoms with Gasteiger partial charge in [0.25, 0.3) is 0 Å². The van der Waals surface area contributed by atoms with E-state index in [0.717, 1.165) is 13.0 Å². The Morgan fingerprint density at radius 1 is 1.50 bits per heavy atom. The maximum atomic E-state index is 12.8. The lowest BCUT2D eigenvalue weighted by molar-refractivity contribution is -0.115. The number of amides is 1. The summed E-state index contributed by atoms with van der Waals surface area (Å²) >= 11 is 5.58. The molecule has 0 heterocycles. The minimum Gasteiger partial charge on any atom is -0.325 e. The Balaban J connectivity index is 2.46. The molecule has 1 amide bonds. The monoisotopic (exact) mass is 244 g/mol. The molecule has 0 saturated carbocycles. The molecule has 16 heavy (non-hydrogen) atoms. The van der Waals surface area contributed by atoms with Crippen LogP contribution in [0, 0.1) is 5.82 Å². The normalized spacial score (nSPS) is 10.2. The minimum atomic E-state index is -0.497. The predicted molar refractivity (Wildman–Crippen MR) is 63.2 cm³/mol. The quantitative estimate of drug-likeness (QED) is 0.781. The predicted octanol–water partition coefficient (Wildman–Crippen LogP) is 2.42. The van der Waals surface area contributed by atoms with Crippen molar-refractivity contribution in [3.63, 3.8) is 0 Å².